The van der Waals surface area contributed by atoms with E-state index in [1.165, 1.54) is 45.4 Å². The Morgan fingerprint density at radius 1 is 1.10 bits per heavy atom. The van der Waals surface area contributed by atoms with Gasteiger partial charge in [0.2, 0.25) is 0 Å². The van der Waals surface area contributed by atoms with Gasteiger partial charge in [-0.25, -0.2) is 0 Å². The Morgan fingerprint density at radius 3 is 2.30 bits per heavy atom. The van der Waals surface area contributed by atoms with Crippen molar-refractivity contribution in [2.24, 2.45) is 0 Å². The predicted octanol–water partition coefficient (Wildman–Crippen LogP) is 5.58. The molecule has 0 bridgehead atoms. The van der Waals surface area contributed by atoms with Crippen molar-refractivity contribution in [2.75, 3.05) is 0 Å². The summed E-state index contributed by atoms with van der Waals surface area (Å²) in [5.41, 5.74) is 0. The van der Waals surface area contributed by atoms with E-state index in [4.69, 9.17) is 4.74 Å². The van der Waals surface area contributed by atoms with E-state index in [0.29, 0.717) is 0 Å². The van der Waals surface area contributed by atoms with Crippen LogP contribution in [0.4, 0.5) is 0 Å². The molecule has 0 aromatic rings. The third-order valence-corrected chi connectivity index (χ3v) is 3.38. The molecular formula is C18H32O2. The summed E-state index contributed by atoms with van der Waals surface area (Å²) in [6, 6.07) is 0. The molecule has 0 aliphatic carbocycles. The van der Waals surface area contributed by atoms with Crippen LogP contribution in [0.25, 0.3) is 0 Å². The summed E-state index contributed by atoms with van der Waals surface area (Å²) in [7, 11) is 0. The van der Waals surface area contributed by atoms with E-state index in [-0.39, 0.29) is 12.1 Å². The molecule has 0 aromatic heterocycles. The zero-order valence-electron chi connectivity index (χ0n) is 13.4. The molecule has 0 saturated carbocycles. The number of carbonyl (C=O) groups is 1. The van der Waals surface area contributed by atoms with Gasteiger partial charge in [0.1, 0.15) is 6.10 Å². The molecule has 116 valence electrons. The monoisotopic (exact) mass is 280 g/mol. The third-order valence-electron chi connectivity index (χ3n) is 3.38. The fourth-order valence-electron chi connectivity index (χ4n) is 2.30. The lowest BCUT2D eigenvalue weighted by Crippen LogP contribution is -2.16. The molecule has 0 aliphatic rings. The van der Waals surface area contributed by atoms with E-state index in [1.807, 2.05) is 12.2 Å². The van der Waals surface area contributed by atoms with Crippen LogP contribution in [0.3, 0.4) is 0 Å². The van der Waals surface area contributed by atoms with Crippen LogP contribution in [0.15, 0.2) is 24.8 Å². The highest BCUT2D eigenvalue weighted by Gasteiger charge is 2.11. The maximum atomic E-state index is 11.1. The largest absolute Gasteiger partial charge is 0.463 e. The minimum atomic E-state index is -0.139. The maximum absolute atomic E-state index is 11.1. The average Bonchev–Trinajstić information content (AvgIpc) is 2.41. The number of carbonyl (C=O) groups excluding carboxylic acids is 1. The Labute approximate surface area is 125 Å². The van der Waals surface area contributed by atoms with Crippen molar-refractivity contribution in [1.29, 1.82) is 0 Å². The Bertz CT molecular complexity index is 269. The zero-order valence-corrected chi connectivity index (χ0v) is 13.4. The highest BCUT2D eigenvalue weighted by molar-refractivity contribution is 5.66. The number of unbranched alkanes of at least 4 members (excludes halogenated alkanes) is 6. The molecule has 0 heterocycles. The van der Waals surface area contributed by atoms with Crippen molar-refractivity contribution in [3.8, 4) is 0 Å². The second-order valence-corrected chi connectivity index (χ2v) is 5.38. The first-order valence-electron chi connectivity index (χ1n) is 8.15. The Morgan fingerprint density at radius 2 is 1.75 bits per heavy atom. The van der Waals surface area contributed by atoms with Crippen molar-refractivity contribution in [3.63, 3.8) is 0 Å². The average molecular weight is 280 g/mol. The van der Waals surface area contributed by atoms with Crippen LogP contribution >= 0.6 is 0 Å². The van der Waals surface area contributed by atoms with Crippen LogP contribution in [0.2, 0.25) is 0 Å². The second kappa shape index (κ2) is 14.4. The van der Waals surface area contributed by atoms with Crippen molar-refractivity contribution < 1.29 is 9.53 Å². The van der Waals surface area contributed by atoms with Crippen molar-refractivity contribution in [1.82, 2.24) is 0 Å². The van der Waals surface area contributed by atoms with Gasteiger partial charge in [-0.15, -0.1) is 0 Å². The number of hydrogen-bond donors (Lipinski definition) is 0. The molecule has 0 saturated heterocycles. The van der Waals surface area contributed by atoms with Gasteiger partial charge in [0.15, 0.2) is 0 Å². The minimum Gasteiger partial charge on any atom is -0.463 e. The highest BCUT2D eigenvalue weighted by Crippen LogP contribution is 2.15. The summed E-state index contributed by atoms with van der Waals surface area (Å²) in [5, 5.41) is 0. The first-order chi connectivity index (χ1) is 9.70. The van der Waals surface area contributed by atoms with Crippen molar-refractivity contribution in [2.45, 2.75) is 84.2 Å². The second-order valence-electron chi connectivity index (χ2n) is 5.38. The molecule has 0 aliphatic heterocycles. The van der Waals surface area contributed by atoms with Gasteiger partial charge in [0.25, 0.3) is 0 Å². The van der Waals surface area contributed by atoms with Crippen LogP contribution in [-0.2, 0) is 9.53 Å². The fourth-order valence-corrected chi connectivity index (χ4v) is 2.30. The third kappa shape index (κ3) is 13.4. The van der Waals surface area contributed by atoms with Crippen LogP contribution in [0.5, 0.6) is 0 Å². The SMILES string of the molecule is C=CC=CCCCCCC(CCCCCC)OC(C)=O. The molecule has 0 aromatic carbocycles. The molecule has 0 rings (SSSR count). The van der Waals surface area contributed by atoms with E-state index < -0.39 is 0 Å². The normalized spacial score (nSPS) is 12.5. The summed E-state index contributed by atoms with van der Waals surface area (Å²) < 4.78 is 5.41. The first kappa shape index (κ1) is 18.9. The van der Waals surface area contributed by atoms with Crippen LogP contribution in [0, 0.1) is 0 Å². The fraction of sp³-hybridized carbons (Fsp3) is 0.722. The molecule has 0 radical (unpaired) electrons. The lowest BCUT2D eigenvalue weighted by molar-refractivity contribution is -0.147. The van der Waals surface area contributed by atoms with Crippen LogP contribution in [0.1, 0.15) is 78.1 Å². The summed E-state index contributed by atoms with van der Waals surface area (Å²) in [4.78, 5) is 11.1. The van der Waals surface area contributed by atoms with Gasteiger partial charge in [0.05, 0.1) is 0 Å². The molecule has 1 unspecified atom stereocenters. The van der Waals surface area contributed by atoms with E-state index in [1.54, 1.807) is 0 Å². The van der Waals surface area contributed by atoms with Crippen LogP contribution < -0.4 is 0 Å². The topological polar surface area (TPSA) is 26.3 Å². The molecule has 0 N–H and O–H groups in total. The summed E-state index contributed by atoms with van der Waals surface area (Å²) >= 11 is 0. The van der Waals surface area contributed by atoms with E-state index in [2.05, 4.69) is 19.6 Å². The van der Waals surface area contributed by atoms with Gasteiger partial charge >= 0.3 is 5.97 Å². The van der Waals surface area contributed by atoms with Gasteiger partial charge in [0, 0.05) is 6.92 Å². The molecule has 0 spiro atoms. The lowest BCUT2D eigenvalue weighted by atomic mass is 10.0. The van der Waals surface area contributed by atoms with Crippen molar-refractivity contribution in [3.05, 3.63) is 24.8 Å². The molecule has 1 atom stereocenters. The molecular weight excluding hydrogens is 248 g/mol. The summed E-state index contributed by atoms with van der Waals surface area (Å²) in [6.45, 7) is 7.38. The van der Waals surface area contributed by atoms with Gasteiger partial charge in [-0.05, 0) is 38.5 Å². The molecule has 2 nitrogen and oxygen atoms in total. The van der Waals surface area contributed by atoms with Gasteiger partial charge < -0.3 is 4.74 Å². The van der Waals surface area contributed by atoms with E-state index >= 15 is 0 Å². The van der Waals surface area contributed by atoms with E-state index in [9.17, 15) is 4.79 Å². The lowest BCUT2D eigenvalue weighted by Gasteiger charge is -2.16. The number of hydrogen-bond acceptors (Lipinski definition) is 2. The molecule has 20 heavy (non-hydrogen) atoms. The molecule has 0 amide bonds. The number of ether oxygens (including phenoxy) is 1. The Kier molecular flexibility index (Phi) is 13.6. The number of esters is 1. The van der Waals surface area contributed by atoms with E-state index in [0.717, 1.165) is 25.7 Å². The quantitative estimate of drug-likeness (QED) is 0.250. The number of rotatable bonds is 13. The highest BCUT2D eigenvalue weighted by atomic mass is 16.5. The van der Waals surface area contributed by atoms with Gasteiger partial charge in [-0.3, -0.25) is 4.79 Å². The van der Waals surface area contributed by atoms with Gasteiger partial charge in [-0.2, -0.15) is 0 Å². The Balaban J connectivity index is 3.71. The molecule has 0 fully saturated rings. The smallest absolute Gasteiger partial charge is 0.302 e. The zero-order chi connectivity index (χ0) is 15.1. The van der Waals surface area contributed by atoms with Gasteiger partial charge in [-0.1, -0.05) is 57.4 Å². The summed E-state index contributed by atoms with van der Waals surface area (Å²) in [6.07, 6.45) is 17.7. The standard InChI is InChI=1S/C18H32O2/c1-4-6-8-10-11-12-14-16-18(20-17(3)19)15-13-9-7-5-2/h4,6,8,18H,1,5,7,9-16H2,2-3H3. The van der Waals surface area contributed by atoms with Crippen LogP contribution in [-0.4, -0.2) is 12.1 Å². The predicted molar refractivity (Wildman–Crippen MR) is 86.7 cm³/mol. The van der Waals surface area contributed by atoms with Crippen molar-refractivity contribution >= 4 is 5.97 Å². The molecule has 2 heteroatoms. The Hall–Kier alpha value is -1.05. The maximum Gasteiger partial charge on any atom is 0.302 e. The first-order valence-corrected chi connectivity index (χ1v) is 8.15. The summed E-state index contributed by atoms with van der Waals surface area (Å²) in [5.74, 6) is -0.139. The number of allylic oxidation sites excluding steroid dienone is 3. The minimum absolute atomic E-state index is 0.132.